The van der Waals surface area contributed by atoms with E-state index in [9.17, 15) is 22.8 Å². The third kappa shape index (κ3) is 10.4. The third-order valence-corrected chi connectivity index (χ3v) is 5.36. The quantitative estimate of drug-likeness (QED) is 0.139. The summed E-state index contributed by atoms with van der Waals surface area (Å²) < 4.78 is 38.3. The van der Waals surface area contributed by atoms with E-state index in [-0.39, 0.29) is 18.3 Å². The second-order valence-electron chi connectivity index (χ2n) is 7.79. The lowest BCUT2D eigenvalue weighted by atomic mass is 10.1. The van der Waals surface area contributed by atoms with Gasteiger partial charge in [0.1, 0.15) is 23.8 Å². The minimum Gasteiger partial charge on any atom is -0.475 e. The molecule has 3 aromatic rings. The van der Waals surface area contributed by atoms with Crippen molar-refractivity contribution in [1.82, 2.24) is 10.3 Å². The number of hydrogen-bond acceptors (Lipinski definition) is 6. The molecule has 0 aliphatic heterocycles. The molecule has 0 radical (unpaired) electrons. The number of carbonyl (C=O) groups is 3. The molecule has 0 aliphatic rings. The lowest BCUT2D eigenvalue weighted by molar-refractivity contribution is -0.192. The summed E-state index contributed by atoms with van der Waals surface area (Å²) in [6.07, 6.45) is -2.12. The highest BCUT2D eigenvalue weighted by Crippen LogP contribution is 2.31. The molecule has 0 aliphatic carbocycles. The van der Waals surface area contributed by atoms with Crippen molar-refractivity contribution in [3.8, 4) is 11.5 Å². The average molecular weight is 610 g/mol. The van der Waals surface area contributed by atoms with Crippen molar-refractivity contribution in [3.63, 3.8) is 0 Å². The summed E-state index contributed by atoms with van der Waals surface area (Å²) in [4.78, 5) is 37.4. The number of aromatic nitrogens is 1. The maximum atomic E-state index is 12.3. The molecule has 3 rings (SSSR count). The Kier molecular flexibility index (Phi) is 11.0. The molecular weight excluding hydrogens is 587 g/mol. The second kappa shape index (κ2) is 13.9. The Bertz CT molecular complexity index is 1320. The second-order valence-corrected chi connectivity index (χ2v) is 8.64. The van der Waals surface area contributed by atoms with Crippen LogP contribution >= 0.6 is 15.9 Å². The van der Waals surface area contributed by atoms with Gasteiger partial charge in [-0.3, -0.25) is 20.0 Å². The standard InChI is InChI=1S/C23H22BrN5O3.C2HF3O2/c1-14(16-6-9-20(19(24)11-16)32-18-3-2-10-27-13-18)28-21(30)12-22(31)29-17-7-4-15(5-8-17)23(25)26;3-2(4,5)1(6)7/h2-11,13-14H,12H2,1H3,(H3,25,26)(H,28,30)(H,29,31);(H,6,7). The number of nitrogens with zero attached hydrogens (tertiary/aromatic N) is 1. The van der Waals surface area contributed by atoms with E-state index in [0.29, 0.717) is 22.7 Å². The van der Waals surface area contributed by atoms with Crippen molar-refractivity contribution in [2.75, 3.05) is 5.32 Å². The van der Waals surface area contributed by atoms with Crippen LogP contribution < -0.4 is 21.1 Å². The van der Waals surface area contributed by atoms with E-state index in [1.165, 1.54) is 0 Å². The summed E-state index contributed by atoms with van der Waals surface area (Å²) in [7, 11) is 0. The Hall–Kier alpha value is -4.46. The number of carboxylic acid groups (broad SMARTS) is 1. The van der Waals surface area contributed by atoms with Gasteiger partial charge >= 0.3 is 12.1 Å². The van der Waals surface area contributed by atoms with Crippen LogP contribution in [0.4, 0.5) is 18.9 Å². The number of halogens is 4. The van der Waals surface area contributed by atoms with Crippen molar-refractivity contribution >= 4 is 45.2 Å². The van der Waals surface area contributed by atoms with Gasteiger partial charge in [-0.1, -0.05) is 6.07 Å². The molecule has 14 heteroatoms. The van der Waals surface area contributed by atoms with Crippen molar-refractivity contribution in [3.05, 3.63) is 82.6 Å². The van der Waals surface area contributed by atoms with Crippen LogP contribution in [0, 0.1) is 5.41 Å². The highest BCUT2D eigenvalue weighted by molar-refractivity contribution is 9.10. The molecule has 10 nitrogen and oxygen atoms in total. The first-order valence-corrected chi connectivity index (χ1v) is 11.8. The summed E-state index contributed by atoms with van der Waals surface area (Å²) >= 11 is 3.49. The number of ether oxygens (including phenoxy) is 1. The number of pyridine rings is 1. The normalized spacial score (nSPS) is 11.3. The van der Waals surface area contributed by atoms with Gasteiger partial charge in [-0.15, -0.1) is 0 Å². The van der Waals surface area contributed by atoms with E-state index in [2.05, 4.69) is 31.5 Å². The lowest BCUT2D eigenvalue weighted by Gasteiger charge is -2.16. The van der Waals surface area contributed by atoms with E-state index < -0.39 is 24.0 Å². The Morgan fingerprint density at radius 3 is 2.28 bits per heavy atom. The number of alkyl halides is 3. The molecule has 1 heterocycles. The largest absolute Gasteiger partial charge is 0.490 e. The Morgan fingerprint density at radius 2 is 1.77 bits per heavy atom. The van der Waals surface area contributed by atoms with Crippen LogP contribution in [0.15, 0.2) is 71.5 Å². The fraction of sp³-hybridized carbons (Fsp3) is 0.160. The molecule has 1 aromatic heterocycles. The van der Waals surface area contributed by atoms with Gasteiger partial charge in [0.15, 0.2) is 0 Å². The predicted octanol–water partition coefficient (Wildman–Crippen LogP) is 4.76. The average Bonchev–Trinajstić information content (AvgIpc) is 2.85. The molecule has 0 bridgehead atoms. The molecule has 1 atom stereocenters. The van der Waals surface area contributed by atoms with Gasteiger partial charge in [-0.05, 0) is 76.9 Å². The van der Waals surface area contributed by atoms with Gasteiger partial charge in [-0.25, -0.2) is 4.79 Å². The fourth-order valence-electron chi connectivity index (χ4n) is 2.86. The molecule has 1 unspecified atom stereocenters. The predicted molar refractivity (Wildman–Crippen MR) is 139 cm³/mol. The van der Waals surface area contributed by atoms with E-state index >= 15 is 0 Å². The highest BCUT2D eigenvalue weighted by atomic mass is 79.9. The van der Waals surface area contributed by atoms with Gasteiger partial charge < -0.3 is 26.2 Å². The van der Waals surface area contributed by atoms with Crippen LogP contribution in [-0.4, -0.2) is 39.9 Å². The number of nitrogens with two attached hydrogens (primary N) is 1. The first-order chi connectivity index (χ1) is 18.3. The summed E-state index contributed by atoms with van der Waals surface area (Å²) in [5.74, 6) is -2.42. The molecule has 0 fully saturated rings. The number of hydrogen-bond donors (Lipinski definition) is 5. The first kappa shape index (κ1) is 30.8. The number of aliphatic carboxylic acids is 1. The first-order valence-electron chi connectivity index (χ1n) is 11.0. The van der Waals surface area contributed by atoms with Gasteiger partial charge in [0.25, 0.3) is 0 Å². The number of anilines is 1. The molecule has 0 saturated heterocycles. The smallest absolute Gasteiger partial charge is 0.475 e. The topological polar surface area (TPSA) is 167 Å². The number of nitrogen functional groups attached to an aromatic ring is 1. The molecule has 0 spiro atoms. The number of carboxylic acids is 1. The van der Waals surface area contributed by atoms with Crippen LogP contribution in [0.5, 0.6) is 11.5 Å². The van der Waals surface area contributed by atoms with Crippen LogP contribution in [0.1, 0.15) is 30.5 Å². The Balaban J connectivity index is 0.000000673. The van der Waals surface area contributed by atoms with E-state index in [1.807, 2.05) is 19.1 Å². The number of amides is 2. The Labute approximate surface area is 229 Å². The number of rotatable bonds is 8. The number of nitrogens with one attached hydrogen (secondary N) is 3. The van der Waals surface area contributed by atoms with Gasteiger partial charge in [-0.2, -0.15) is 13.2 Å². The Morgan fingerprint density at radius 1 is 1.13 bits per heavy atom. The zero-order valence-electron chi connectivity index (χ0n) is 20.3. The number of carbonyl (C=O) groups excluding carboxylic acids is 2. The molecule has 0 saturated carbocycles. The zero-order valence-corrected chi connectivity index (χ0v) is 21.8. The van der Waals surface area contributed by atoms with Crippen molar-refractivity contribution in [2.24, 2.45) is 5.73 Å². The van der Waals surface area contributed by atoms with E-state index in [1.54, 1.807) is 54.9 Å². The monoisotopic (exact) mass is 609 g/mol. The zero-order chi connectivity index (χ0) is 29.2. The van der Waals surface area contributed by atoms with Gasteiger partial charge in [0.05, 0.1) is 16.7 Å². The number of amidine groups is 1. The van der Waals surface area contributed by atoms with E-state index in [4.69, 9.17) is 25.8 Å². The van der Waals surface area contributed by atoms with Crippen LogP contribution in [0.3, 0.4) is 0 Å². The fourth-order valence-corrected chi connectivity index (χ4v) is 3.34. The number of benzene rings is 2. The highest BCUT2D eigenvalue weighted by Gasteiger charge is 2.38. The summed E-state index contributed by atoms with van der Waals surface area (Å²) in [5.41, 5.74) is 7.33. The van der Waals surface area contributed by atoms with Crippen LogP contribution in [0.2, 0.25) is 0 Å². The summed E-state index contributed by atoms with van der Waals surface area (Å²) in [5, 5.41) is 20.0. The maximum Gasteiger partial charge on any atom is 0.490 e. The summed E-state index contributed by atoms with van der Waals surface area (Å²) in [6, 6.07) is 15.3. The van der Waals surface area contributed by atoms with E-state index in [0.717, 1.165) is 10.0 Å². The molecule has 6 N–H and O–H groups in total. The minimum atomic E-state index is -5.08. The SMILES string of the molecule is CC(NC(=O)CC(=O)Nc1ccc(C(=N)N)cc1)c1ccc(Oc2cccnc2)c(Br)c1.O=C(O)C(F)(F)F. The van der Waals surface area contributed by atoms with Crippen molar-refractivity contribution in [1.29, 1.82) is 5.41 Å². The third-order valence-electron chi connectivity index (χ3n) is 4.74. The van der Waals surface area contributed by atoms with Crippen LogP contribution in [-0.2, 0) is 14.4 Å². The molecule has 2 amide bonds. The summed E-state index contributed by atoms with van der Waals surface area (Å²) in [6.45, 7) is 1.83. The van der Waals surface area contributed by atoms with Gasteiger partial charge in [0.2, 0.25) is 11.8 Å². The van der Waals surface area contributed by atoms with Crippen LogP contribution in [0.25, 0.3) is 0 Å². The molecule has 39 heavy (non-hydrogen) atoms. The van der Waals surface area contributed by atoms with Crippen molar-refractivity contribution < 1.29 is 37.4 Å². The van der Waals surface area contributed by atoms with Gasteiger partial charge in [0, 0.05) is 17.4 Å². The maximum absolute atomic E-state index is 12.3. The molecule has 206 valence electrons. The minimum absolute atomic E-state index is 0.0560. The van der Waals surface area contributed by atoms with Crippen molar-refractivity contribution in [2.45, 2.75) is 25.6 Å². The molecular formula is C25H23BrF3N5O5. The lowest BCUT2D eigenvalue weighted by Crippen LogP contribution is -2.30. The molecule has 2 aromatic carbocycles.